The molecule has 0 spiro atoms. The van der Waals surface area contributed by atoms with Gasteiger partial charge in [-0.05, 0) is 31.9 Å². The van der Waals surface area contributed by atoms with E-state index in [1.807, 2.05) is 29.3 Å². The van der Waals surface area contributed by atoms with Gasteiger partial charge < -0.3 is 9.80 Å². The maximum atomic E-state index is 12.9. The van der Waals surface area contributed by atoms with Crippen LogP contribution in [-0.2, 0) is 14.8 Å². The number of anilines is 1. The summed E-state index contributed by atoms with van der Waals surface area (Å²) in [5.41, 5.74) is 1.03. The Bertz CT molecular complexity index is 929. The van der Waals surface area contributed by atoms with Crippen LogP contribution in [0.25, 0.3) is 0 Å². The Labute approximate surface area is 176 Å². The summed E-state index contributed by atoms with van der Waals surface area (Å²) in [6.45, 7) is 5.70. The van der Waals surface area contributed by atoms with Crippen molar-refractivity contribution in [3.05, 3.63) is 41.4 Å². The van der Waals surface area contributed by atoms with E-state index in [0.717, 1.165) is 23.8 Å². The minimum atomic E-state index is -3.49. The monoisotopic (exact) mass is 434 g/mol. The van der Waals surface area contributed by atoms with Crippen molar-refractivity contribution in [1.29, 1.82) is 0 Å². The van der Waals surface area contributed by atoms with E-state index in [9.17, 15) is 13.2 Å². The van der Waals surface area contributed by atoms with Gasteiger partial charge in [0.2, 0.25) is 15.9 Å². The van der Waals surface area contributed by atoms with Gasteiger partial charge in [0.05, 0.1) is 4.90 Å². The molecule has 156 valence electrons. The number of thiazole rings is 1. The number of piperazine rings is 1. The van der Waals surface area contributed by atoms with E-state index in [-0.39, 0.29) is 11.8 Å². The highest BCUT2D eigenvalue weighted by Crippen LogP contribution is 2.26. The van der Waals surface area contributed by atoms with Gasteiger partial charge in [0.15, 0.2) is 5.13 Å². The number of amides is 1. The van der Waals surface area contributed by atoms with Crippen LogP contribution in [-0.4, -0.2) is 67.8 Å². The van der Waals surface area contributed by atoms with Gasteiger partial charge in [0, 0.05) is 56.8 Å². The molecule has 2 fully saturated rings. The molecule has 7 nitrogen and oxygen atoms in total. The zero-order valence-electron chi connectivity index (χ0n) is 16.5. The molecule has 0 atom stereocenters. The second kappa shape index (κ2) is 8.41. The highest BCUT2D eigenvalue weighted by atomic mass is 32.2. The average Bonchev–Trinajstić information content (AvgIpc) is 3.29. The first kappa shape index (κ1) is 20.3. The maximum absolute atomic E-state index is 12.9. The molecular weight excluding hydrogens is 408 g/mol. The summed E-state index contributed by atoms with van der Waals surface area (Å²) in [6, 6.07) is 6.94. The lowest BCUT2D eigenvalue weighted by Crippen LogP contribution is -2.52. The van der Waals surface area contributed by atoms with Gasteiger partial charge in [0.25, 0.3) is 0 Å². The van der Waals surface area contributed by atoms with Crippen molar-refractivity contribution in [2.45, 2.75) is 24.7 Å². The number of aromatic nitrogens is 1. The quantitative estimate of drug-likeness (QED) is 0.738. The Kier molecular flexibility index (Phi) is 5.89. The molecule has 2 aromatic rings. The van der Waals surface area contributed by atoms with E-state index in [0.29, 0.717) is 43.9 Å². The summed E-state index contributed by atoms with van der Waals surface area (Å²) in [5.74, 6) is 0.0713. The van der Waals surface area contributed by atoms with Crippen molar-refractivity contribution in [3.63, 3.8) is 0 Å². The molecule has 4 rings (SSSR count). The van der Waals surface area contributed by atoms with Crippen LogP contribution < -0.4 is 4.90 Å². The van der Waals surface area contributed by atoms with E-state index in [1.165, 1.54) is 4.31 Å². The summed E-state index contributed by atoms with van der Waals surface area (Å²) < 4.78 is 27.2. The smallest absolute Gasteiger partial charge is 0.243 e. The molecule has 3 heterocycles. The van der Waals surface area contributed by atoms with Crippen molar-refractivity contribution < 1.29 is 13.2 Å². The Morgan fingerprint density at radius 3 is 2.28 bits per heavy atom. The molecule has 2 aliphatic rings. The van der Waals surface area contributed by atoms with Crippen LogP contribution in [0, 0.1) is 12.8 Å². The molecule has 0 aliphatic carbocycles. The fraction of sp³-hybridized carbons (Fsp3) is 0.500. The lowest BCUT2D eigenvalue weighted by molar-refractivity contribution is -0.137. The standard InChI is InChI=1S/C20H26N4O3S2/c1-16-2-4-18(5-3-16)29(26,27)24-9-6-17(7-10-24)19(25)22-11-13-23(14-12-22)20-21-8-15-28-20/h2-5,8,15,17H,6-7,9-14H2,1H3. The van der Waals surface area contributed by atoms with Gasteiger partial charge in [-0.25, -0.2) is 13.4 Å². The molecule has 1 amide bonds. The first-order valence-corrected chi connectivity index (χ1v) is 12.3. The molecule has 2 aliphatic heterocycles. The summed E-state index contributed by atoms with van der Waals surface area (Å²) in [4.78, 5) is 21.7. The van der Waals surface area contributed by atoms with E-state index >= 15 is 0 Å². The summed E-state index contributed by atoms with van der Waals surface area (Å²) in [6.07, 6.45) is 2.96. The van der Waals surface area contributed by atoms with Gasteiger partial charge in [0.1, 0.15) is 0 Å². The third-order valence-electron chi connectivity index (χ3n) is 5.74. The molecule has 29 heavy (non-hydrogen) atoms. The lowest BCUT2D eigenvalue weighted by Gasteiger charge is -2.38. The molecule has 1 aromatic carbocycles. The van der Waals surface area contributed by atoms with E-state index < -0.39 is 10.0 Å². The molecule has 0 bridgehead atoms. The third kappa shape index (κ3) is 4.31. The molecule has 2 saturated heterocycles. The van der Waals surface area contributed by atoms with Gasteiger partial charge in [-0.15, -0.1) is 11.3 Å². The number of hydrogen-bond acceptors (Lipinski definition) is 6. The normalized spacial score (nSPS) is 19.5. The number of carbonyl (C=O) groups excluding carboxylic acids is 1. The van der Waals surface area contributed by atoms with Crippen LogP contribution in [0.15, 0.2) is 40.7 Å². The fourth-order valence-electron chi connectivity index (χ4n) is 3.95. The molecule has 0 radical (unpaired) electrons. The van der Waals surface area contributed by atoms with E-state index in [1.54, 1.807) is 29.7 Å². The fourth-order valence-corrected chi connectivity index (χ4v) is 6.12. The molecule has 0 saturated carbocycles. The van der Waals surface area contributed by atoms with Crippen LogP contribution in [0.3, 0.4) is 0 Å². The minimum absolute atomic E-state index is 0.0918. The zero-order chi connectivity index (χ0) is 20.4. The van der Waals surface area contributed by atoms with Crippen molar-refractivity contribution >= 4 is 32.4 Å². The van der Waals surface area contributed by atoms with Crippen molar-refractivity contribution in [1.82, 2.24) is 14.2 Å². The first-order chi connectivity index (χ1) is 13.9. The second-order valence-corrected chi connectivity index (χ2v) is 10.4. The molecular formula is C20H26N4O3S2. The van der Waals surface area contributed by atoms with Crippen LogP contribution in [0.4, 0.5) is 5.13 Å². The molecule has 9 heteroatoms. The Hall–Kier alpha value is -1.97. The summed E-state index contributed by atoms with van der Waals surface area (Å²) >= 11 is 1.62. The SMILES string of the molecule is Cc1ccc(S(=O)(=O)N2CCC(C(=O)N3CCN(c4nccs4)CC3)CC2)cc1. The summed E-state index contributed by atoms with van der Waals surface area (Å²) in [7, 11) is -3.49. The second-order valence-electron chi connectivity index (χ2n) is 7.62. The van der Waals surface area contributed by atoms with Crippen molar-refractivity contribution in [2.75, 3.05) is 44.2 Å². The Balaban J connectivity index is 1.31. The largest absolute Gasteiger partial charge is 0.345 e. The summed E-state index contributed by atoms with van der Waals surface area (Å²) in [5, 5.41) is 2.97. The highest BCUT2D eigenvalue weighted by Gasteiger charge is 2.34. The predicted octanol–water partition coefficient (Wildman–Crippen LogP) is 2.20. The Morgan fingerprint density at radius 2 is 1.69 bits per heavy atom. The zero-order valence-corrected chi connectivity index (χ0v) is 18.2. The number of rotatable bonds is 4. The number of nitrogens with zero attached hydrogens (tertiary/aromatic N) is 4. The number of carbonyl (C=O) groups is 1. The number of hydrogen-bond donors (Lipinski definition) is 0. The topological polar surface area (TPSA) is 73.8 Å². The van der Waals surface area contributed by atoms with Crippen LogP contribution in [0.1, 0.15) is 18.4 Å². The first-order valence-electron chi connectivity index (χ1n) is 9.95. The Morgan fingerprint density at radius 1 is 1.03 bits per heavy atom. The molecule has 0 unspecified atom stereocenters. The maximum Gasteiger partial charge on any atom is 0.243 e. The van der Waals surface area contributed by atoms with E-state index in [2.05, 4.69) is 9.88 Å². The predicted molar refractivity (Wildman–Crippen MR) is 114 cm³/mol. The van der Waals surface area contributed by atoms with Gasteiger partial charge in [-0.3, -0.25) is 4.79 Å². The van der Waals surface area contributed by atoms with Crippen LogP contribution in [0.5, 0.6) is 0 Å². The van der Waals surface area contributed by atoms with Gasteiger partial charge in [-0.2, -0.15) is 4.31 Å². The number of piperidine rings is 1. The highest BCUT2D eigenvalue weighted by molar-refractivity contribution is 7.89. The molecule has 1 aromatic heterocycles. The number of aryl methyl sites for hydroxylation is 1. The van der Waals surface area contributed by atoms with Crippen molar-refractivity contribution in [2.24, 2.45) is 5.92 Å². The minimum Gasteiger partial charge on any atom is -0.345 e. The van der Waals surface area contributed by atoms with Crippen LogP contribution in [0.2, 0.25) is 0 Å². The lowest BCUT2D eigenvalue weighted by atomic mass is 9.96. The average molecular weight is 435 g/mol. The molecule has 0 N–H and O–H groups in total. The number of benzene rings is 1. The van der Waals surface area contributed by atoms with Crippen LogP contribution >= 0.6 is 11.3 Å². The van der Waals surface area contributed by atoms with Gasteiger partial charge >= 0.3 is 0 Å². The van der Waals surface area contributed by atoms with Gasteiger partial charge in [-0.1, -0.05) is 17.7 Å². The van der Waals surface area contributed by atoms with E-state index in [4.69, 9.17) is 0 Å². The third-order valence-corrected chi connectivity index (χ3v) is 8.49. The van der Waals surface area contributed by atoms with Crippen molar-refractivity contribution in [3.8, 4) is 0 Å². The number of sulfonamides is 1.